The van der Waals surface area contributed by atoms with Gasteiger partial charge in [0.25, 0.3) is 0 Å². The zero-order valence-corrected chi connectivity index (χ0v) is 13.3. The van der Waals surface area contributed by atoms with Crippen LogP contribution in [0.25, 0.3) is 5.57 Å². The third-order valence-electron chi connectivity index (χ3n) is 2.75. The molecule has 0 saturated heterocycles. The van der Waals surface area contributed by atoms with Crippen LogP contribution in [0.4, 0.5) is 0 Å². The fraction of sp³-hybridized carbons (Fsp3) is 0.143. The molecule has 2 aliphatic rings. The van der Waals surface area contributed by atoms with Crippen LogP contribution >= 0.6 is 39.5 Å². The first-order valence-corrected chi connectivity index (χ1v) is 8.60. The van der Waals surface area contributed by atoms with Crippen molar-refractivity contribution in [2.24, 2.45) is 0 Å². The fourth-order valence-corrected chi connectivity index (χ4v) is 4.35. The molecule has 1 aromatic heterocycles. The van der Waals surface area contributed by atoms with E-state index in [0.717, 1.165) is 21.7 Å². The molecule has 0 amide bonds. The molecule has 19 heavy (non-hydrogen) atoms. The van der Waals surface area contributed by atoms with E-state index in [1.165, 1.54) is 15.4 Å². The van der Waals surface area contributed by atoms with Gasteiger partial charge in [0.15, 0.2) is 0 Å². The van der Waals surface area contributed by atoms with Gasteiger partial charge in [-0.1, -0.05) is 18.2 Å². The maximum atomic E-state index is 4.34. The molecule has 0 radical (unpaired) electrons. The van der Waals surface area contributed by atoms with E-state index in [1.807, 2.05) is 23.5 Å². The Balaban J connectivity index is 1.87. The molecule has 0 saturated carbocycles. The molecule has 2 aliphatic heterocycles. The van der Waals surface area contributed by atoms with Crippen LogP contribution in [0.2, 0.25) is 0 Å². The summed E-state index contributed by atoms with van der Waals surface area (Å²) >= 11 is 7.26. The van der Waals surface area contributed by atoms with Gasteiger partial charge in [0.05, 0.1) is 10.2 Å². The molecule has 0 N–H and O–H groups in total. The van der Waals surface area contributed by atoms with Crippen LogP contribution in [0.15, 0.2) is 57.2 Å². The molecule has 0 unspecified atom stereocenters. The SMILES string of the molecule is Brc1cncnc1C1=CC=C(C2=CC=CCS2)SC1. The van der Waals surface area contributed by atoms with Crippen molar-refractivity contribution < 1.29 is 0 Å². The summed E-state index contributed by atoms with van der Waals surface area (Å²) in [6.07, 6.45) is 14.2. The molecule has 0 spiro atoms. The highest BCUT2D eigenvalue weighted by atomic mass is 79.9. The first-order chi connectivity index (χ1) is 9.34. The molecule has 5 heteroatoms. The van der Waals surface area contributed by atoms with Crippen molar-refractivity contribution in [1.82, 2.24) is 9.97 Å². The summed E-state index contributed by atoms with van der Waals surface area (Å²) in [4.78, 5) is 11.1. The first kappa shape index (κ1) is 13.2. The van der Waals surface area contributed by atoms with E-state index < -0.39 is 0 Å². The van der Waals surface area contributed by atoms with Crippen molar-refractivity contribution in [2.45, 2.75) is 0 Å². The molecule has 96 valence electrons. The Morgan fingerprint density at radius 2 is 2.00 bits per heavy atom. The average molecular weight is 351 g/mol. The zero-order chi connectivity index (χ0) is 13.1. The second-order valence-corrected chi connectivity index (χ2v) is 6.93. The van der Waals surface area contributed by atoms with Crippen LogP contribution < -0.4 is 0 Å². The minimum Gasteiger partial charge on any atom is -0.244 e. The van der Waals surface area contributed by atoms with E-state index in [4.69, 9.17) is 0 Å². The number of hydrogen-bond acceptors (Lipinski definition) is 4. The van der Waals surface area contributed by atoms with Crippen LogP contribution in [0, 0.1) is 0 Å². The predicted molar refractivity (Wildman–Crippen MR) is 87.9 cm³/mol. The highest BCUT2D eigenvalue weighted by Crippen LogP contribution is 2.39. The molecule has 3 heterocycles. The summed E-state index contributed by atoms with van der Waals surface area (Å²) in [5.41, 5.74) is 2.22. The molecule has 1 aromatic rings. The van der Waals surface area contributed by atoms with Gasteiger partial charge in [-0.2, -0.15) is 0 Å². The standard InChI is InChI=1S/C14H11BrN2S2/c15-11-7-16-9-17-14(11)10-4-5-13(19-8-10)12-3-1-2-6-18-12/h1-5,7,9H,6,8H2. The van der Waals surface area contributed by atoms with Gasteiger partial charge in [-0.05, 0) is 33.7 Å². The Hall–Kier alpha value is -0.780. The van der Waals surface area contributed by atoms with Gasteiger partial charge in [-0.3, -0.25) is 0 Å². The third-order valence-corrected chi connectivity index (χ3v) is 5.61. The lowest BCUT2D eigenvalue weighted by Gasteiger charge is -2.17. The van der Waals surface area contributed by atoms with Crippen molar-refractivity contribution in [3.8, 4) is 0 Å². The fourth-order valence-electron chi connectivity index (χ4n) is 1.83. The van der Waals surface area contributed by atoms with Crippen molar-refractivity contribution in [3.63, 3.8) is 0 Å². The lowest BCUT2D eigenvalue weighted by molar-refractivity contribution is 1.12. The van der Waals surface area contributed by atoms with E-state index in [0.29, 0.717) is 0 Å². The molecule has 0 fully saturated rings. The topological polar surface area (TPSA) is 25.8 Å². The smallest absolute Gasteiger partial charge is 0.116 e. The lowest BCUT2D eigenvalue weighted by atomic mass is 10.2. The van der Waals surface area contributed by atoms with Gasteiger partial charge in [0.2, 0.25) is 0 Å². The summed E-state index contributed by atoms with van der Waals surface area (Å²) in [7, 11) is 0. The van der Waals surface area contributed by atoms with Gasteiger partial charge in [-0.15, -0.1) is 23.5 Å². The predicted octanol–water partition coefficient (Wildman–Crippen LogP) is 4.44. The molecule has 0 bridgehead atoms. The Kier molecular flexibility index (Phi) is 4.25. The number of aromatic nitrogens is 2. The Morgan fingerprint density at radius 3 is 2.68 bits per heavy atom. The minimum absolute atomic E-state index is 0.947. The maximum Gasteiger partial charge on any atom is 0.116 e. The van der Waals surface area contributed by atoms with E-state index in [-0.39, 0.29) is 0 Å². The zero-order valence-electron chi connectivity index (χ0n) is 10.0. The van der Waals surface area contributed by atoms with Crippen LogP contribution in [-0.4, -0.2) is 21.5 Å². The summed E-state index contributed by atoms with van der Waals surface area (Å²) in [6.45, 7) is 0. The van der Waals surface area contributed by atoms with Crippen LogP contribution in [0.3, 0.4) is 0 Å². The van der Waals surface area contributed by atoms with E-state index in [9.17, 15) is 0 Å². The Labute approximate surface area is 129 Å². The quantitative estimate of drug-likeness (QED) is 0.787. The number of rotatable bonds is 2. The van der Waals surface area contributed by atoms with Crippen LogP contribution in [0.1, 0.15) is 5.69 Å². The normalized spacial score (nSPS) is 18.7. The van der Waals surface area contributed by atoms with E-state index in [2.05, 4.69) is 56.3 Å². The molecule has 3 rings (SSSR count). The van der Waals surface area contributed by atoms with Gasteiger partial charge >= 0.3 is 0 Å². The second-order valence-electron chi connectivity index (χ2n) is 4.00. The Bertz CT molecular complexity index is 618. The average Bonchev–Trinajstić information content (AvgIpc) is 2.49. The summed E-state index contributed by atoms with van der Waals surface area (Å²) < 4.78 is 0.952. The molecular formula is C14H11BrN2S2. The molecule has 0 aliphatic carbocycles. The van der Waals surface area contributed by atoms with E-state index in [1.54, 1.807) is 12.5 Å². The summed E-state index contributed by atoms with van der Waals surface area (Å²) in [5.74, 6) is 2.01. The molecule has 0 atom stereocenters. The van der Waals surface area contributed by atoms with E-state index >= 15 is 0 Å². The largest absolute Gasteiger partial charge is 0.244 e. The van der Waals surface area contributed by atoms with Crippen molar-refractivity contribution in [3.05, 3.63) is 62.9 Å². The number of halogens is 1. The maximum absolute atomic E-state index is 4.34. The van der Waals surface area contributed by atoms with Crippen LogP contribution in [-0.2, 0) is 0 Å². The molecule has 0 aromatic carbocycles. The number of allylic oxidation sites excluding steroid dienone is 4. The molecular weight excluding hydrogens is 340 g/mol. The third kappa shape index (κ3) is 3.04. The minimum atomic E-state index is 0.947. The second kappa shape index (κ2) is 6.11. The number of nitrogens with zero attached hydrogens (tertiary/aromatic N) is 2. The molecule has 2 nitrogen and oxygen atoms in total. The van der Waals surface area contributed by atoms with Crippen LogP contribution in [0.5, 0.6) is 0 Å². The van der Waals surface area contributed by atoms with Crippen molar-refractivity contribution in [1.29, 1.82) is 0 Å². The van der Waals surface area contributed by atoms with Gasteiger partial charge in [0, 0.05) is 27.5 Å². The van der Waals surface area contributed by atoms with Gasteiger partial charge in [0.1, 0.15) is 6.33 Å². The number of thioether (sulfide) groups is 2. The Morgan fingerprint density at radius 1 is 1.11 bits per heavy atom. The lowest BCUT2D eigenvalue weighted by Crippen LogP contribution is -1.99. The van der Waals surface area contributed by atoms with Gasteiger partial charge in [-0.25, -0.2) is 9.97 Å². The van der Waals surface area contributed by atoms with Crippen molar-refractivity contribution >= 4 is 45.0 Å². The highest BCUT2D eigenvalue weighted by Gasteiger charge is 2.15. The monoisotopic (exact) mass is 350 g/mol. The number of hydrogen-bond donors (Lipinski definition) is 0. The summed E-state index contributed by atoms with van der Waals surface area (Å²) in [6, 6.07) is 0. The highest BCUT2D eigenvalue weighted by molar-refractivity contribution is 9.10. The van der Waals surface area contributed by atoms with Crippen molar-refractivity contribution in [2.75, 3.05) is 11.5 Å². The van der Waals surface area contributed by atoms with Gasteiger partial charge < -0.3 is 0 Å². The summed E-state index contributed by atoms with van der Waals surface area (Å²) in [5, 5.41) is 0. The first-order valence-electron chi connectivity index (χ1n) is 5.84.